The highest BCUT2D eigenvalue weighted by Crippen LogP contribution is 2.13. The minimum absolute atomic E-state index is 0.178. The van der Waals surface area contributed by atoms with Crippen LogP contribution in [0.4, 0.5) is 0 Å². The van der Waals surface area contributed by atoms with E-state index in [0.29, 0.717) is 0 Å². The number of rotatable bonds is 2. The van der Waals surface area contributed by atoms with Gasteiger partial charge < -0.3 is 4.74 Å². The van der Waals surface area contributed by atoms with Crippen LogP contribution in [0.15, 0.2) is 24.3 Å². The fourth-order valence-corrected chi connectivity index (χ4v) is 0.796. The van der Waals surface area contributed by atoms with E-state index in [2.05, 4.69) is 6.07 Å². The summed E-state index contributed by atoms with van der Waals surface area (Å²) in [5.74, 6) is 0. The molecule has 1 aromatic rings. The highest BCUT2D eigenvalue weighted by molar-refractivity contribution is 5.15. The molecule has 0 bridgehead atoms. The maximum Gasteiger partial charge on any atom is 0.0793 e. The standard InChI is InChI=1S/C9H11O/c1-8(10-2)9-6-4-3-5-7-9/h3-4,6-8H,1-2H3. The summed E-state index contributed by atoms with van der Waals surface area (Å²) in [6, 6.07) is 10.8. The van der Waals surface area contributed by atoms with Crippen LogP contribution >= 0.6 is 0 Å². The topological polar surface area (TPSA) is 9.23 Å². The van der Waals surface area contributed by atoms with Crippen molar-refractivity contribution in [2.45, 2.75) is 13.0 Å². The molecule has 0 N–H and O–H groups in total. The van der Waals surface area contributed by atoms with Gasteiger partial charge in [0.25, 0.3) is 0 Å². The van der Waals surface area contributed by atoms with E-state index < -0.39 is 0 Å². The van der Waals surface area contributed by atoms with E-state index >= 15 is 0 Å². The molecule has 0 aliphatic heterocycles. The molecule has 1 atom stereocenters. The summed E-state index contributed by atoms with van der Waals surface area (Å²) in [6.07, 6.45) is 0.178. The van der Waals surface area contributed by atoms with Gasteiger partial charge in [-0.3, -0.25) is 0 Å². The lowest BCUT2D eigenvalue weighted by Crippen LogP contribution is -1.93. The average molecular weight is 135 g/mol. The van der Waals surface area contributed by atoms with Gasteiger partial charge >= 0.3 is 0 Å². The van der Waals surface area contributed by atoms with Crippen molar-refractivity contribution in [3.63, 3.8) is 0 Å². The van der Waals surface area contributed by atoms with E-state index in [9.17, 15) is 0 Å². The van der Waals surface area contributed by atoms with E-state index in [4.69, 9.17) is 4.74 Å². The summed E-state index contributed by atoms with van der Waals surface area (Å²) in [6.45, 7) is 2.02. The van der Waals surface area contributed by atoms with Crippen molar-refractivity contribution in [1.82, 2.24) is 0 Å². The molecule has 0 aliphatic rings. The summed E-state index contributed by atoms with van der Waals surface area (Å²) in [5.41, 5.74) is 1.17. The molecule has 53 valence electrons. The Kier molecular flexibility index (Phi) is 2.46. The second-order valence-electron chi connectivity index (χ2n) is 2.21. The molecule has 1 rings (SSSR count). The van der Waals surface area contributed by atoms with Gasteiger partial charge in [0.1, 0.15) is 0 Å². The summed E-state index contributed by atoms with van der Waals surface area (Å²) < 4.78 is 5.12. The minimum Gasteiger partial charge on any atom is -0.377 e. The lowest BCUT2D eigenvalue weighted by Gasteiger charge is -2.07. The molecule has 1 nitrogen and oxygen atoms in total. The van der Waals surface area contributed by atoms with E-state index in [1.165, 1.54) is 5.56 Å². The number of benzene rings is 1. The van der Waals surface area contributed by atoms with Crippen molar-refractivity contribution in [2.75, 3.05) is 7.11 Å². The zero-order chi connectivity index (χ0) is 7.40. The molecule has 0 fully saturated rings. The molecular formula is C9H11O. The van der Waals surface area contributed by atoms with Crippen LogP contribution in [0.25, 0.3) is 0 Å². The summed E-state index contributed by atoms with van der Waals surface area (Å²) in [7, 11) is 1.71. The van der Waals surface area contributed by atoms with Crippen LogP contribution in [0.2, 0.25) is 0 Å². The zero-order valence-electron chi connectivity index (χ0n) is 6.29. The lowest BCUT2D eigenvalue weighted by atomic mass is 10.1. The SMILES string of the molecule is COC(C)c1c[c]ccc1. The van der Waals surface area contributed by atoms with Crippen LogP contribution in [0.3, 0.4) is 0 Å². The average Bonchev–Trinajstić information content (AvgIpc) is 2.05. The van der Waals surface area contributed by atoms with Gasteiger partial charge in [-0.05, 0) is 24.6 Å². The number of ether oxygens (including phenoxy) is 1. The van der Waals surface area contributed by atoms with E-state index in [1.54, 1.807) is 7.11 Å². The first-order valence-corrected chi connectivity index (χ1v) is 3.33. The van der Waals surface area contributed by atoms with Crippen molar-refractivity contribution in [2.24, 2.45) is 0 Å². The Hall–Kier alpha value is -0.820. The van der Waals surface area contributed by atoms with Gasteiger partial charge in [0, 0.05) is 7.11 Å². The number of hydrogen-bond donors (Lipinski definition) is 0. The molecule has 0 amide bonds. The molecule has 1 aromatic carbocycles. The van der Waals surface area contributed by atoms with Crippen LogP contribution < -0.4 is 0 Å². The number of hydrogen-bond acceptors (Lipinski definition) is 1. The van der Waals surface area contributed by atoms with Gasteiger partial charge in [-0.25, -0.2) is 0 Å². The Morgan fingerprint density at radius 2 is 2.40 bits per heavy atom. The first-order valence-electron chi connectivity index (χ1n) is 3.33. The molecule has 1 heteroatoms. The molecule has 1 radical (unpaired) electrons. The van der Waals surface area contributed by atoms with E-state index in [1.807, 2.05) is 31.2 Å². The van der Waals surface area contributed by atoms with Gasteiger partial charge in [0.15, 0.2) is 0 Å². The minimum atomic E-state index is 0.178. The van der Waals surface area contributed by atoms with Crippen molar-refractivity contribution >= 4 is 0 Å². The van der Waals surface area contributed by atoms with Crippen molar-refractivity contribution in [3.8, 4) is 0 Å². The molecule has 0 saturated carbocycles. The highest BCUT2D eigenvalue weighted by Gasteiger charge is 1.99. The Morgan fingerprint density at radius 3 is 2.90 bits per heavy atom. The predicted molar refractivity (Wildman–Crippen MR) is 40.7 cm³/mol. The Morgan fingerprint density at radius 1 is 1.60 bits per heavy atom. The second-order valence-corrected chi connectivity index (χ2v) is 2.21. The maximum atomic E-state index is 5.12. The molecule has 0 spiro atoms. The summed E-state index contributed by atoms with van der Waals surface area (Å²) in [4.78, 5) is 0. The molecule has 0 aliphatic carbocycles. The Labute approximate surface area is 61.6 Å². The third-order valence-electron chi connectivity index (χ3n) is 1.55. The fourth-order valence-electron chi connectivity index (χ4n) is 0.796. The molecular weight excluding hydrogens is 124 g/mol. The zero-order valence-corrected chi connectivity index (χ0v) is 6.29. The molecule has 1 unspecified atom stereocenters. The van der Waals surface area contributed by atoms with Crippen molar-refractivity contribution < 1.29 is 4.74 Å². The van der Waals surface area contributed by atoms with Crippen LogP contribution in [-0.2, 0) is 4.74 Å². The third kappa shape index (κ3) is 1.58. The van der Waals surface area contributed by atoms with Gasteiger partial charge in [-0.2, -0.15) is 0 Å². The van der Waals surface area contributed by atoms with Gasteiger partial charge in [0.05, 0.1) is 6.10 Å². The molecule has 0 heterocycles. The van der Waals surface area contributed by atoms with Gasteiger partial charge in [-0.1, -0.05) is 18.2 Å². The first kappa shape index (κ1) is 7.29. The quantitative estimate of drug-likeness (QED) is 0.604. The van der Waals surface area contributed by atoms with Crippen LogP contribution in [0, 0.1) is 6.07 Å². The Balaban J connectivity index is 2.75. The third-order valence-corrected chi connectivity index (χ3v) is 1.55. The van der Waals surface area contributed by atoms with Gasteiger partial charge in [0.2, 0.25) is 0 Å². The van der Waals surface area contributed by atoms with Crippen LogP contribution in [-0.4, -0.2) is 7.11 Å². The first-order chi connectivity index (χ1) is 4.84. The smallest absolute Gasteiger partial charge is 0.0793 e. The molecule has 0 aromatic heterocycles. The summed E-state index contributed by atoms with van der Waals surface area (Å²) in [5, 5.41) is 0. The Bertz CT molecular complexity index is 181. The fraction of sp³-hybridized carbons (Fsp3) is 0.333. The summed E-state index contributed by atoms with van der Waals surface area (Å²) >= 11 is 0. The van der Waals surface area contributed by atoms with E-state index in [-0.39, 0.29) is 6.10 Å². The van der Waals surface area contributed by atoms with Crippen LogP contribution in [0.5, 0.6) is 0 Å². The second kappa shape index (κ2) is 3.37. The lowest BCUT2D eigenvalue weighted by molar-refractivity contribution is 0.119. The highest BCUT2D eigenvalue weighted by atomic mass is 16.5. The van der Waals surface area contributed by atoms with Crippen molar-refractivity contribution in [1.29, 1.82) is 0 Å². The van der Waals surface area contributed by atoms with Crippen LogP contribution in [0.1, 0.15) is 18.6 Å². The van der Waals surface area contributed by atoms with Crippen molar-refractivity contribution in [3.05, 3.63) is 35.9 Å². The maximum absolute atomic E-state index is 5.12. The number of methoxy groups -OCH3 is 1. The largest absolute Gasteiger partial charge is 0.377 e. The molecule has 10 heavy (non-hydrogen) atoms. The van der Waals surface area contributed by atoms with E-state index in [0.717, 1.165) is 0 Å². The predicted octanol–water partition coefficient (Wildman–Crippen LogP) is 2.19. The van der Waals surface area contributed by atoms with Gasteiger partial charge in [-0.15, -0.1) is 0 Å². The monoisotopic (exact) mass is 135 g/mol. The molecule has 0 saturated heterocycles. The normalized spacial score (nSPS) is 13.0.